The van der Waals surface area contributed by atoms with Gasteiger partial charge < -0.3 is 14.8 Å². The third-order valence-corrected chi connectivity index (χ3v) is 2.93. The molecule has 1 heterocycles. The Balaban J connectivity index is 1.85. The number of carbonyl (C=O) groups excluding carboxylic acids is 2. The molecule has 1 aliphatic carbocycles. The Morgan fingerprint density at radius 1 is 1.39 bits per heavy atom. The molecule has 0 unspecified atom stereocenters. The van der Waals surface area contributed by atoms with Crippen molar-refractivity contribution in [1.29, 1.82) is 0 Å². The van der Waals surface area contributed by atoms with E-state index in [0.717, 1.165) is 25.1 Å². The number of hydrogen-bond acceptors (Lipinski definition) is 5. The number of nitrogens with zero attached hydrogens (tertiary/aromatic N) is 1. The summed E-state index contributed by atoms with van der Waals surface area (Å²) >= 11 is 0. The van der Waals surface area contributed by atoms with Crippen molar-refractivity contribution in [1.82, 2.24) is 10.3 Å². The van der Waals surface area contributed by atoms with Gasteiger partial charge >= 0.3 is 12.1 Å². The molecule has 1 atom stereocenters. The molecule has 1 aromatic heterocycles. The maximum absolute atomic E-state index is 12.0. The summed E-state index contributed by atoms with van der Waals surface area (Å²) in [6.07, 6.45) is -2.58. The van der Waals surface area contributed by atoms with Crippen LogP contribution in [-0.4, -0.2) is 41.8 Å². The van der Waals surface area contributed by atoms with Crippen molar-refractivity contribution in [3.05, 3.63) is 23.9 Å². The standard InChI is InChI=1S/C14H15F3N2O4/c1-8(12(20)19-10-3-4-10)23-13(21)9-2-5-11(18-6-9)22-7-14(15,16)17/h2,5-6,8,10H,3-4,7H2,1H3,(H,19,20)/t8-/m0/s1. The number of pyridine rings is 1. The molecule has 126 valence electrons. The monoisotopic (exact) mass is 332 g/mol. The van der Waals surface area contributed by atoms with Gasteiger partial charge in [0.1, 0.15) is 0 Å². The van der Waals surface area contributed by atoms with Crippen LogP contribution < -0.4 is 10.1 Å². The molecule has 1 aliphatic rings. The molecular formula is C14H15F3N2O4. The van der Waals surface area contributed by atoms with Gasteiger partial charge in [-0.1, -0.05) is 0 Å². The second-order valence-corrected chi connectivity index (χ2v) is 5.12. The lowest BCUT2D eigenvalue weighted by atomic mass is 10.3. The van der Waals surface area contributed by atoms with Crippen molar-refractivity contribution in [2.24, 2.45) is 0 Å². The van der Waals surface area contributed by atoms with Crippen LogP contribution in [0.3, 0.4) is 0 Å². The highest BCUT2D eigenvalue weighted by Crippen LogP contribution is 2.19. The van der Waals surface area contributed by atoms with Gasteiger partial charge in [-0.15, -0.1) is 0 Å². The van der Waals surface area contributed by atoms with Crippen LogP contribution in [0.2, 0.25) is 0 Å². The Hall–Kier alpha value is -2.32. The molecule has 1 saturated carbocycles. The molecule has 1 N–H and O–H groups in total. The summed E-state index contributed by atoms with van der Waals surface area (Å²) in [6, 6.07) is 2.49. The van der Waals surface area contributed by atoms with Gasteiger partial charge in [-0.05, 0) is 25.8 Å². The minimum absolute atomic E-state index is 0.00966. The quantitative estimate of drug-likeness (QED) is 0.805. The fourth-order valence-corrected chi connectivity index (χ4v) is 1.57. The summed E-state index contributed by atoms with van der Waals surface area (Å²) in [7, 11) is 0. The normalized spacial score (nSPS) is 15.7. The molecule has 2 rings (SSSR count). The van der Waals surface area contributed by atoms with Crippen LogP contribution in [-0.2, 0) is 9.53 Å². The van der Waals surface area contributed by atoms with E-state index < -0.39 is 24.9 Å². The van der Waals surface area contributed by atoms with Gasteiger partial charge in [0.25, 0.3) is 5.91 Å². The van der Waals surface area contributed by atoms with E-state index in [0.29, 0.717) is 0 Å². The number of rotatable bonds is 6. The van der Waals surface area contributed by atoms with Gasteiger partial charge in [0.15, 0.2) is 12.7 Å². The number of esters is 1. The molecule has 0 aliphatic heterocycles. The van der Waals surface area contributed by atoms with Crippen molar-refractivity contribution in [2.75, 3.05) is 6.61 Å². The fraction of sp³-hybridized carbons (Fsp3) is 0.500. The Labute approximate surface area is 130 Å². The van der Waals surface area contributed by atoms with Crippen LogP contribution in [0.4, 0.5) is 13.2 Å². The van der Waals surface area contributed by atoms with Crippen LogP contribution in [0.15, 0.2) is 18.3 Å². The average molecular weight is 332 g/mol. The zero-order valence-corrected chi connectivity index (χ0v) is 12.2. The predicted molar refractivity (Wildman–Crippen MR) is 71.8 cm³/mol. The van der Waals surface area contributed by atoms with Gasteiger partial charge in [0.2, 0.25) is 5.88 Å². The summed E-state index contributed by atoms with van der Waals surface area (Å²) in [6.45, 7) is -0.0357. The van der Waals surface area contributed by atoms with Gasteiger partial charge in [-0.2, -0.15) is 13.2 Å². The number of ether oxygens (including phenoxy) is 2. The second-order valence-electron chi connectivity index (χ2n) is 5.12. The Bertz CT molecular complexity index is 570. The highest BCUT2D eigenvalue weighted by molar-refractivity contribution is 5.92. The molecule has 1 aromatic rings. The number of alkyl halides is 3. The third-order valence-electron chi connectivity index (χ3n) is 2.93. The number of nitrogens with one attached hydrogen (secondary N) is 1. The Morgan fingerprint density at radius 3 is 2.61 bits per heavy atom. The number of halogens is 3. The minimum Gasteiger partial charge on any atom is -0.468 e. The smallest absolute Gasteiger partial charge is 0.422 e. The molecule has 6 nitrogen and oxygen atoms in total. The van der Waals surface area contributed by atoms with Crippen molar-refractivity contribution < 1.29 is 32.2 Å². The molecule has 0 spiro atoms. The molecular weight excluding hydrogens is 317 g/mol. The van der Waals surface area contributed by atoms with Crippen molar-refractivity contribution >= 4 is 11.9 Å². The molecule has 1 amide bonds. The SMILES string of the molecule is C[C@H](OC(=O)c1ccc(OCC(F)(F)F)nc1)C(=O)NC1CC1. The van der Waals surface area contributed by atoms with E-state index in [-0.39, 0.29) is 23.4 Å². The topological polar surface area (TPSA) is 77.5 Å². The third kappa shape index (κ3) is 5.76. The van der Waals surface area contributed by atoms with E-state index in [9.17, 15) is 22.8 Å². The highest BCUT2D eigenvalue weighted by Gasteiger charge is 2.29. The molecule has 1 fully saturated rings. The number of carbonyl (C=O) groups is 2. The van der Waals surface area contributed by atoms with E-state index >= 15 is 0 Å². The largest absolute Gasteiger partial charge is 0.468 e. The lowest BCUT2D eigenvalue weighted by Crippen LogP contribution is -2.37. The van der Waals surface area contributed by atoms with Crippen molar-refractivity contribution in [3.8, 4) is 5.88 Å². The van der Waals surface area contributed by atoms with Crippen LogP contribution in [0, 0.1) is 0 Å². The zero-order valence-electron chi connectivity index (χ0n) is 12.2. The first-order chi connectivity index (χ1) is 10.7. The first-order valence-electron chi connectivity index (χ1n) is 6.91. The van der Waals surface area contributed by atoms with Crippen LogP contribution in [0.1, 0.15) is 30.1 Å². The number of amides is 1. The molecule has 9 heteroatoms. The van der Waals surface area contributed by atoms with E-state index in [1.807, 2.05) is 0 Å². The van der Waals surface area contributed by atoms with E-state index in [4.69, 9.17) is 4.74 Å². The fourth-order valence-electron chi connectivity index (χ4n) is 1.57. The van der Waals surface area contributed by atoms with E-state index in [1.165, 1.54) is 13.0 Å². The summed E-state index contributed by atoms with van der Waals surface area (Å²) in [5, 5.41) is 2.69. The maximum atomic E-state index is 12.0. The van der Waals surface area contributed by atoms with Gasteiger partial charge in [0, 0.05) is 18.3 Å². The second kappa shape index (κ2) is 6.84. The lowest BCUT2D eigenvalue weighted by molar-refractivity contribution is -0.154. The zero-order chi connectivity index (χ0) is 17.0. The average Bonchev–Trinajstić information content (AvgIpc) is 3.28. The maximum Gasteiger partial charge on any atom is 0.422 e. The van der Waals surface area contributed by atoms with E-state index in [2.05, 4.69) is 15.0 Å². The molecule has 0 bridgehead atoms. The Morgan fingerprint density at radius 2 is 2.09 bits per heavy atom. The minimum atomic E-state index is -4.47. The lowest BCUT2D eigenvalue weighted by Gasteiger charge is -2.13. The number of aromatic nitrogens is 1. The molecule has 0 saturated heterocycles. The van der Waals surface area contributed by atoms with E-state index in [1.54, 1.807) is 0 Å². The first kappa shape index (κ1) is 17.0. The van der Waals surface area contributed by atoms with Crippen LogP contribution >= 0.6 is 0 Å². The highest BCUT2D eigenvalue weighted by atomic mass is 19.4. The van der Waals surface area contributed by atoms with Gasteiger partial charge in [0.05, 0.1) is 5.56 Å². The van der Waals surface area contributed by atoms with Crippen LogP contribution in [0.25, 0.3) is 0 Å². The van der Waals surface area contributed by atoms with Gasteiger partial charge in [-0.3, -0.25) is 4.79 Å². The molecule has 0 radical (unpaired) electrons. The van der Waals surface area contributed by atoms with Crippen molar-refractivity contribution in [3.63, 3.8) is 0 Å². The molecule has 23 heavy (non-hydrogen) atoms. The summed E-state index contributed by atoms with van der Waals surface area (Å²) in [5.74, 6) is -1.45. The van der Waals surface area contributed by atoms with Gasteiger partial charge in [-0.25, -0.2) is 9.78 Å². The van der Waals surface area contributed by atoms with Crippen LogP contribution in [0.5, 0.6) is 5.88 Å². The Kier molecular flexibility index (Phi) is 5.07. The summed E-state index contributed by atoms with van der Waals surface area (Å²) < 4.78 is 45.4. The molecule has 0 aromatic carbocycles. The first-order valence-corrected chi connectivity index (χ1v) is 6.91. The number of hydrogen-bond donors (Lipinski definition) is 1. The predicted octanol–water partition coefficient (Wildman–Crippen LogP) is 1.85. The summed E-state index contributed by atoms with van der Waals surface area (Å²) in [5.41, 5.74) is 0.00966. The summed E-state index contributed by atoms with van der Waals surface area (Å²) in [4.78, 5) is 27.1. The van der Waals surface area contributed by atoms with Crippen molar-refractivity contribution in [2.45, 2.75) is 38.1 Å².